The van der Waals surface area contributed by atoms with Crippen LogP contribution < -0.4 is 0 Å². The van der Waals surface area contributed by atoms with Gasteiger partial charge in [-0.15, -0.1) is 11.3 Å². The first kappa shape index (κ1) is 11.5. The molecule has 0 aliphatic carbocycles. The minimum atomic E-state index is 0.880. The van der Waals surface area contributed by atoms with Crippen molar-refractivity contribution in [3.8, 4) is 0 Å². The highest BCUT2D eigenvalue weighted by Crippen LogP contribution is 2.22. The van der Waals surface area contributed by atoms with E-state index in [-0.39, 0.29) is 0 Å². The molecule has 1 heterocycles. The van der Waals surface area contributed by atoms with Gasteiger partial charge in [0, 0.05) is 23.3 Å². The monoisotopic (exact) mass is 281 g/mol. The molecule has 1 rings (SSSR count). The van der Waals surface area contributed by atoms with Crippen molar-refractivity contribution in [2.24, 2.45) is 0 Å². The fourth-order valence-corrected chi connectivity index (χ4v) is 2.76. The Labute approximate surface area is 96.8 Å². The number of hydrogen-bond acceptors (Lipinski definition) is 2. The zero-order chi connectivity index (χ0) is 9.68. The van der Waals surface area contributed by atoms with E-state index in [4.69, 9.17) is 11.6 Å². The average Bonchev–Trinajstić information content (AvgIpc) is 2.50. The molecule has 0 bridgehead atoms. The number of halogens is 2. The van der Waals surface area contributed by atoms with Crippen LogP contribution in [-0.4, -0.2) is 23.3 Å². The Morgan fingerprint density at radius 1 is 1.54 bits per heavy atom. The molecule has 0 saturated heterocycles. The number of alkyl halides is 1. The van der Waals surface area contributed by atoms with E-state index in [1.807, 2.05) is 6.07 Å². The first-order chi connectivity index (χ1) is 6.26. The minimum absolute atomic E-state index is 0.880. The van der Waals surface area contributed by atoms with Crippen LogP contribution in [0.2, 0.25) is 4.34 Å². The number of hydrogen-bond donors (Lipinski definition) is 0. The van der Waals surface area contributed by atoms with Crippen molar-refractivity contribution in [3.05, 3.63) is 21.3 Å². The van der Waals surface area contributed by atoms with E-state index in [0.29, 0.717) is 0 Å². The van der Waals surface area contributed by atoms with Gasteiger partial charge in [-0.25, -0.2) is 0 Å². The topological polar surface area (TPSA) is 3.24 Å². The maximum atomic E-state index is 5.85. The fraction of sp³-hybridized carbons (Fsp3) is 0.556. The second-order valence-corrected chi connectivity index (χ2v) is 5.36. The lowest BCUT2D eigenvalue weighted by Gasteiger charge is -2.17. The first-order valence-corrected chi connectivity index (χ1v) is 6.60. The normalized spacial score (nSPS) is 11.1. The third-order valence-corrected chi connectivity index (χ3v) is 3.43. The van der Waals surface area contributed by atoms with Gasteiger partial charge in [0.25, 0.3) is 0 Å². The summed E-state index contributed by atoms with van der Waals surface area (Å²) in [6.45, 7) is 5.37. The molecule has 0 aliphatic rings. The highest BCUT2D eigenvalue weighted by Gasteiger charge is 2.04. The van der Waals surface area contributed by atoms with Crippen LogP contribution in [0.3, 0.4) is 0 Å². The van der Waals surface area contributed by atoms with E-state index in [2.05, 4.69) is 33.8 Å². The van der Waals surface area contributed by atoms with Gasteiger partial charge in [0.2, 0.25) is 0 Å². The van der Waals surface area contributed by atoms with E-state index >= 15 is 0 Å². The van der Waals surface area contributed by atoms with E-state index in [1.165, 1.54) is 4.88 Å². The summed E-state index contributed by atoms with van der Waals surface area (Å²) in [7, 11) is 0. The Morgan fingerprint density at radius 3 is 2.77 bits per heavy atom. The maximum absolute atomic E-state index is 5.85. The van der Waals surface area contributed by atoms with Crippen LogP contribution in [0.15, 0.2) is 12.1 Å². The van der Waals surface area contributed by atoms with Crippen molar-refractivity contribution in [1.29, 1.82) is 0 Å². The zero-order valence-electron chi connectivity index (χ0n) is 7.59. The van der Waals surface area contributed by atoms with Gasteiger partial charge in [-0.2, -0.15) is 0 Å². The van der Waals surface area contributed by atoms with Crippen LogP contribution in [0, 0.1) is 0 Å². The molecule has 0 fully saturated rings. The van der Waals surface area contributed by atoms with Crippen molar-refractivity contribution in [1.82, 2.24) is 4.90 Å². The molecule has 0 aromatic carbocycles. The van der Waals surface area contributed by atoms with Gasteiger partial charge in [0.1, 0.15) is 0 Å². The average molecular weight is 283 g/mol. The summed E-state index contributed by atoms with van der Waals surface area (Å²) in [5, 5.41) is 1.03. The predicted molar refractivity (Wildman–Crippen MR) is 64.1 cm³/mol. The molecule has 0 spiro atoms. The van der Waals surface area contributed by atoms with Crippen molar-refractivity contribution >= 4 is 38.9 Å². The largest absolute Gasteiger partial charge is 0.298 e. The van der Waals surface area contributed by atoms with E-state index in [9.17, 15) is 0 Å². The van der Waals surface area contributed by atoms with Crippen LogP contribution in [0.25, 0.3) is 0 Å². The number of thiophene rings is 1. The van der Waals surface area contributed by atoms with Gasteiger partial charge >= 0.3 is 0 Å². The van der Waals surface area contributed by atoms with Crippen molar-refractivity contribution < 1.29 is 0 Å². The molecule has 0 amide bonds. The van der Waals surface area contributed by atoms with Crippen molar-refractivity contribution in [2.75, 3.05) is 18.4 Å². The molecule has 4 heteroatoms. The van der Waals surface area contributed by atoms with Gasteiger partial charge in [0.15, 0.2) is 0 Å². The lowest BCUT2D eigenvalue weighted by atomic mass is 10.4. The summed E-state index contributed by atoms with van der Waals surface area (Å²) in [6, 6.07) is 4.06. The maximum Gasteiger partial charge on any atom is 0.0931 e. The Morgan fingerprint density at radius 2 is 2.31 bits per heavy atom. The SMILES string of the molecule is CCN(CCBr)Cc1ccc(Cl)s1. The van der Waals surface area contributed by atoms with Gasteiger partial charge < -0.3 is 0 Å². The quantitative estimate of drug-likeness (QED) is 0.746. The van der Waals surface area contributed by atoms with Crippen LogP contribution in [0.1, 0.15) is 11.8 Å². The molecular formula is C9H13BrClNS. The van der Waals surface area contributed by atoms with Crippen LogP contribution in [0.5, 0.6) is 0 Å². The molecule has 0 unspecified atom stereocenters. The van der Waals surface area contributed by atoms with Crippen LogP contribution in [-0.2, 0) is 6.54 Å². The van der Waals surface area contributed by atoms with Crippen LogP contribution in [0.4, 0.5) is 0 Å². The number of nitrogens with zero attached hydrogens (tertiary/aromatic N) is 1. The Bertz CT molecular complexity index is 252. The van der Waals surface area contributed by atoms with Gasteiger partial charge in [0.05, 0.1) is 4.34 Å². The molecule has 0 N–H and O–H groups in total. The highest BCUT2D eigenvalue weighted by atomic mass is 79.9. The van der Waals surface area contributed by atoms with E-state index in [0.717, 1.165) is 29.3 Å². The molecule has 0 aliphatic heterocycles. The fourth-order valence-electron chi connectivity index (χ4n) is 1.13. The molecule has 1 aromatic rings. The third-order valence-electron chi connectivity index (χ3n) is 1.86. The minimum Gasteiger partial charge on any atom is -0.298 e. The van der Waals surface area contributed by atoms with Gasteiger partial charge in [-0.1, -0.05) is 34.5 Å². The molecule has 0 radical (unpaired) electrons. The summed E-state index contributed by atoms with van der Waals surface area (Å²) < 4.78 is 0.880. The third kappa shape index (κ3) is 3.98. The second-order valence-electron chi connectivity index (χ2n) is 2.76. The van der Waals surface area contributed by atoms with E-state index < -0.39 is 0 Å². The standard InChI is InChI=1S/C9H13BrClNS/c1-2-12(6-5-10)7-8-3-4-9(11)13-8/h3-4H,2,5-7H2,1H3. The second kappa shape index (κ2) is 6.02. The predicted octanol–water partition coefficient (Wildman–Crippen LogP) is 3.62. The van der Waals surface area contributed by atoms with E-state index in [1.54, 1.807) is 11.3 Å². The Balaban J connectivity index is 2.46. The lowest BCUT2D eigenvalue weighted by Crippen LogP contribution is -2.24. The summed E-state index contributed by atoms with van der Waals surface area (Å²) in [4.78, 5) is 3.73. The first-order valence-electron chi connectivity index (χ1n) is 4.28. The zero-order valence-corrected chi connectivity index (χ0v) is 10.8. The van der Waals surface area contributed by atoms with Crippen LogP contribution >= 0.6 is 38.9 Å². The van der Waals surface area contributed by atoms with Gasteiger partial charge in [-0.3, -0.25) is 4.90 Å². The highest BCUT2D eigenvalue weighted by molar-refractivity contribution is 9.09. The van der Waals surface area contributed by atoms with Gasteiger partial charge in [-0.05, 0) is 18.7 Å². The van der Waals surface area contributed by atoms with Crippen molar-refractivity contribution in [2.45, 2.75) is 13.5 Å². The molecule has 0 atom stereocenters. The summed E-state index contributed by atoms with van der Waals surface area (Å²) in [6.07, 6.45) is 0. The Kier molecular flexibility index (Phi) is 5.32. The molecule has 1 nitrogen and oxygen atoms in total. The molecule has 0 saturated carbocycles. The number of rotatable bonds is 5. The smallest absolute Gasteiger partial charge is 0.0931 e. The summed E-state index contributed by atoms with van der Waals surface area (Å²) >= 11 is 11.0. The molecule has 13 heavy (non-hydrogen) atoms. The molecular weight excluding hydrogens is 270 g/mol. The lowest BCUT2D eigenvalue weighted by molar-refractivity contribution is 0.302. The Hall–Kier alpha value is 0.430. The molecule has 74 valence electrons. The van der Waals surface area contributed by atoms with Crippen molar-refractivity contribution in [3.63, 3.8) is 0 Å². The summed E-state index contributed by atoms with van der Waals surface area (Å²) in [5.41, 5.74) is 0. The summed E-state index contributed by atoms with van der Waals surface area (Å²) in [5.74, 6) is 0. The molecule has 1 aromatic heterocycles.